The molecule has 1 aromatic heterocycles. The Kier molecular flexibility index (Phi) is 12.2. The molecule has 0 aliphatic heterocycles. The van der Waals surface area contributed by atoms with Gasteiger partial charge in [-0.1, -0.05) is 35.9 Å². The first-order chi connectivity index (χ1) is 19.2. The molecule has 1 heterocycles. The van der Waals surface area contributed by atoms with Crippen molar-refractivity contribution in [3.05, 3.63) is 80.3 Å². The normalized spacial score (nSPS) is 12.0. The molecule has 0 saturated carbocycles. The molecule has 0 unspecified atom stereocenters. The van der Waals surface area contributed by atoms with Gasteiger partial charge in [-0.2, -0.15) is 13.2 Å². The number of hydrogen-bond acceptors (Lipinski definition) is 7. The summed E-state index contributed by atoms with van der Waals surface area (Å²) in [6.07, 6.45) is -0.596. The van der Waals surface area contributed by atoms with E-state index in [0.29, 0.717) is 27.8 Å². The van der Waals surface area contributed by atoms with Crippen LogP contribution < -0.4 is 16.4 Å². The molecule has 4 rings (SSSR count). The molecule has 0 radical (unpaired) electrons. The molecule has 0 saturated heterocycles. The van der Waals surface area contributed by atoms with Crippen LogP contribution in [0.3, 0.4) is 0 Å². The van der Waals surface area contributed by atoms with Crippen molar-refractivity contribution >= 4 is 52.4 Å². The highest BCUT2D eigenvalue weighted by atomic mass is 35.5. The number of carbonyl (C=O) groups excluding carboxylic acids is 2. The van der Waals surface area contributed by atoms with Gasteiger partial charge in [0, 0.05) is 17.0 Å². The average Bonchev–Trinajstić information content (AvgIpc) is 3.37. The summed E-state index contributed by atoms with van der Waals surface area (Å²) >= 11 is 7.54. The third-order valence-corrected chi connectivity index (χ3v) is 6.88. The van der Waals surface area contributed by atoms with Crippen LogP contribution in [0.2, 0.25) is 5.02 Å². The van der Waals surface area contributed by atoms with Gasteiger partial charge in [-0.25, -0.2) is 9.78 Å². The average molecular weight is 615 g/mol. The van der Waals surface area contributed by atoms with Gasteiger partial charge in [0.05, 0.1) is 16.4 Å². The summed E-state index contributed by atoms with van der Waals surface area (Å²) in [6.45, 7) is -0.179. The number of thiazole rings is 1. The second kappa shape index (κ2) is 15.1. The van der Waals surface area contributed by atoms with Crippen LogP contribution >= 0.6 is 22.9 Å². The molecule has 1 aliphatic carbocycles. The number of carboxylic acid groups (broad SMARTS) is 2. The predicted octanol–water partition coefficient (Wildman–Crippen LogP) is 4.28. The van der Waals surface area contributed by atoms with Crippen molar-refractivity contribution in [2.45, 2.75) is 38.4 Å². The van der Waals surface area contributed by atoms with E-state index in [2.05, 4.69) is 4.98 Å². The fraction of sp³-hybridized carbons (Fsp3) is 0.269. The third-order valence-electron chi connectivity index (χ3n) is 5.39. The molecule has 41 heavy (non-hydrogen) atoms. The topological polar surface area (TPSA) is 177 Å². The van der Waals surface area contributed by atoms with Crippen LogP contribution in [0.4, 0.5) is 18.9 Å². The number of alkyl halides is 3. The number of fused-ring (bicyclic) bond motifs is 1. The lowest BCUT2D eigenvalue weighted by Crippen LogP contribution is -2.36. The number of aliphatic carboxylic acids is 2. The summed E-state index contributed by atoms with van der Waals surface area (Å²) in [6, 6.07) is 13.4. The number of primary amides is 1. The zero-order chi connectivity index (χ0) is 30.7. The zero-order valence-electron chi connectivity index (χ0n) is 21.4. The van der Waals surface area contributed by atoms with Crippen molar-refractivity contribution in [2.75, 3.05) is 11.4 Å². The number of carbonyl (C=O) groups is 4. The number of amides is 2. The Hall–Kier alpha value is -4.01. The molecule has 2 amide bonds. The van der Waals surface area contributed by atoms with E-state index in [4.69, 9.17) is 38.1 Å². The number of anilines is 1. The molecule has 0 fully saturated rings. The Bertz CT molecular complexity index is 1380. The molecule has 10 nitrogen and oxygen atoms in total. The molecule has 15 heteroatoms. The van der Waals surface area contributed by atoms with E-state index in [1.54, 1.807) is 48.5 Å². The smallest absolute Gasteiger partial charge is 0.480 e. The molecule has 220 valence electrons. The molecule has 6 N–H and O–H groups in total. The minimum atomic E-state index is -5.08. The zero-order valence-corrected chi connectivity index (χ0v) is 22.9. The van der Waals surface area contributed by atoms with Crippen LogP contribution in [0, 0.1) is 0 Å². The van der Waals surface area contributed by atoms with Gasteiger partial charge in [-0.15, -0.1) is 11.3 Å². The van der Waals surface area contributed by atoms with E-state index < -0.39 is 36.5 Å². The Morgan fingerprint density at radius 1 is 1.02 bits per heavy atom. The van der Waals surface area contributed by atoms with Crippen molar-refractivity contribution < 1.29 is 42.6 Å². The van der Waals surface area contributed by atoms with Gasteiger partial charge in [0.15, 0.2) is 5.01 Å². The van der Waals surface area contributed by atoms with Gasteiger partial charge < -0.3 is 21.7 Å². The van der Waals surface area contributed by atoms with E-state index in [0.717, 1.165) is 29.0 Å². The largest absolute Gasteiger partial charge is 0.490 e. The number of aryl methyl sites for hydroxylation is 2. The number of aromatic nitrogens is 1. The fourth-order valence-electron chi connectivity index (χ4n) is 3.52. The van der Waals surface area contributed by atoms with Crippen LogP contribution in [0.5, 0.6) is 0 Å². The summed E-state index contributed by atoms with van der Waals surface area (Å²) in [5.74, 6) is -4.71. The summed E-state index contributed by atoms with van der Waals surface area (Å²) in [5, 5.41) is 17.0. The van der Waals surface area contributed by atoms with E-state index in [1.807, 2.05) is 0 Å². The predicted molar refractivity (Wildman–Crippen MR) is 146 cm³/mol. The Morgan fingerprint density at radius 3 is 2.20 bits per heavy atom. The van der Waals surface area contributed by atoms with E-state index in [1.165, 1.54) is 29.1 Å². The molecular formula is C26H26ClF3N4O6S. The maximum Gasteiger partial charge on any atom is 0.490 e. The molecule has 0 bridgehead atoms. The Balaban J connectivity index is 0.000000257. The van der Waals surface area contributed by atoms with Gasteiger partial charge in [-0.05, 0) is 55.5 Å². The number of halogens is 4. The highest BCUT2D eigenvalue weighted by molar-refractivity contribution is 7.13. The number of hydrogen-bond donors (Lipinski definition) is 4. The number of para-hydroxylation sites is 1. The quantitative estimate of drug-likeness (QED) is 0.318. The maximum absolute atomic E-state index is 12.7. The minimum absolute atomic E-state index is 0.298. The van der Waals surface area contributed by atoms with Crippen LogP contribution in [-0.2, 0) is 29.0 Å². The van der Waals surface area contributed by atoms with Gasteiger partial charge >= 0.3 is 18.1 Å². The second-order valence-corrected chi connectivity index (χ2v) is 9.89. The monoisotopic (exact) mass is 614 g/mol. The summed E-state index contributed by atoms with van der Waals surface area (Å²) in [7, 11) is 0. The lowest BCUT2D eigenvalue weighted by Gasteiger charge is -2.22. The summed E-state index contributed by atoms with van der Waals surface area (Å²) in [4.78, 5) is 50.0. The van der Waals surface area contributed by atoms with Gasteiger partial charge in [0.25, 0.3) is 11.8 Å². The Labute approximate surface area is 241 Å². The standard InChI is InChI=1S/C16H15ClN2O3.C8H10N2OS.C2HF3O2/c17-13-6-1-2-7-14(13)19(10-15(20)21)16(22)12-5-3-4-11(8-12)9-18;9-7(11)8-10-5-3-1-2-4-6(5)12-8;3-2(4,5)1(6)7/h1-8H,9-10,18H2,(H,20,21);1-4H2,(H2,9,11);(H,6,7). The molecule has 3 aromatic rings. The van der Waals surface area contributed by atoms with Crippen molar-refractivity contribution in [3.63, 3.8) is 0 Å². The van der Waals surface area contributed by atoms with Crippen molar-refractivity contribution in [2.24, 2.45) is 11.5 Å². The lowest BCUT2D eigenvalue weighted by atomic mass is 10.0. The van der Waals surface area contributed by atoms with Gasteiger partial charge in [0.1, 0.15) is 6.54 Å². The summed E-state index contributed by atoms with van der Waals surface area (Å²) < 4.78 is 31.7. The molecule has 0 atom stereocenters. The molecular weight excluding hydrogens is 589 g/mol. The third kappa shape index (κ3) is 10.2. The number of rotatable bonds is 6. The maximum atomic E-state index is 12.7. The van der Waals surface area contributed by atoms with Crippen molar-refractivity contribution in [3.8, 4) is 0 Å². The van der Waals surface area contributed by atoms with E-state index in [-0.39, 0.29) is 0 Å². The van der Waals surface area contributed by atoms with Crippen LogP contribution in [0.25, 0.3) is 0 Å². The molecule has 1 aliphatic rings. The van der Waals surface area contributed by atoms with Gasteiger partial charge in [0.2, 0.25) is 0 Å². The fourth-order valence-corrected chi connectivity index (χ4v) is 4.76. The first-order valence-electron chi connectivity index (χ1n) is 11.9. The number of nitrogens with two attached hydrogens (primary N) is 2. The summed E-state index contributed by atoms with van der Waals surface area (Å²) in [5.41, 5.74) is 13.3. The lowest BCUT2D eigenvalue weighted by molar-refractivity contribution is -0.192. The second-order valence-electron chi connectivity index (χ2n) is 8.40. The van der Waals surface area contributed by atoms with E-state index >= 15 is 0 Å². The number of benzene rings is 2. The Morgan fingerprint density at radius 2 is 1.66 bits per heavy atom. The first-order valence-corrected chi connectivity index (χ1v) is 13.1. The van der Waals surface area contributed by atoms with Crippen molar-refractivity contribution in [1.29, 1.82) is 0 Å². The highest BCUT2D eigenvalue weighted by Crippen LogP contribution is 2.27. The van der Waals surface area contributed by atoms with Crippen molar-refractivity contribution in [1.82, 2.24) is 4.98 Å². The number of nitrogens with zero attached hydrogens (tertiary/aromatic N) is 2. The van der Waals surface area contributed by atoms with Gasteiger partial charge in [-0.3, -0.25) is 19.3 Å². The van der Waals surface area contributed by atoms with Crippen LogP contribution in [-0.4, -0.2) is 51.7 Å². The number of carboxylic acids is 2. The minimum Gasteiger partial charge on any atom is -0.480 e. The highest BCUT2D eigenvalue weighted by Gasteiger charge is 2.38. The van der Waals surface area contributed by atoms with Crippen LogP contribution in [0.1, 0.15) is 49.1 Å². The van der Waals surface area contributed by atoms with E-state index in [9.17, 15) is 27.6 Å². The van der Waals surface area contributed by atoms with Crippen LogP contribution in [0.15, 0.2) is 48.5 Å². The first kappa shape index (κ1) is 33.2. The SMILES string of the molecule is NC(=O)c1nc2c(s1)CCCC2.NCc1cccc(C(=O)N(CC(=O)O)c2ccccc2Cl)c1.O=C(O)C(F)(F)F. The molecule has 2 aromatic carbocycles. The molecule has 0 spiro atoms.